The number of nitrogens with zero attached hydrogens (tertiary/aromatic N) is 4. The maximum atomic E-state index is 13.8. The molecule has 1 saturated carbocycles. The van der Waals surface area contributed by atoms with Crippen LogP contribution in [0.3, 0.4) is 0 Å². The van der Waals surface area contributed by atoms with Gasteiger partial charge in [0.1, 0.15) is 0 Å². The lowest BCUT2D eigenvalue weighted by atomic mass is 9.76. The van der Waals surface area contributed by atoms with Gasteiger partial charge in [0.2, 0.25) is 0 Å². The van der Waals surface area contributed by atoms with Gasteiger partial charge in [-0.3, -0.25) is 14.0 Å². The van der Waals surface area contributed by atoms with E-state index in [1.54, 1.807) is 29.1 Å². The summed E-state index contributed by atoms with van der Waals surface area (Å²) in [6.07, 6.45) is 4.92. The lowest BCUT2D eigenvalue weighted by Gasteiger charge is -2.36. The zero-order chi connectivity index (χ0) is 25.9. The fraction of sp³-hybridized carbons (Fsp3) is 0.259. The van der Waals surface area contributed by atoms with E-state index >= 15 is 0 Å². The number of nitrogens with one attached hydrogen (secondary N) is 1. The Labute approximate surface area is 216 Å². The first-order valence-electron chi connectivity index (χ1n) is 11.9. The highest BCUT2D eigenvalue weighted by atomic mass is 35.5. The van der Waals surface area contributed by atoms with Gasteiger partial charge in [-0.25, -0.2) is 18.6 Å². The molecule has 1 aliphatic carbocycles. The summed E-state index contributed by atoms with van der Waals surface area (Å²) in [5, 5.41) is 7.96. The second-order valence-electron chi connectivity index (χ2n) is 9.18. The van der Waals surface area contributed by atoms with Gasteiger partial charge < -0.3 is 5.32 Å². The van der Waals surface area contributed by atoms with Crippen LogP contribution < -0.4 is 11.0 Å². The summed E-state index contributed by atoms with van der Waals surface area (Å²) in [6, 6.07) is 14.1. The summed E-state index contributed by atoms with van der Waals surface area (Å²) in [5.41, 5.74) is 1.87. The minimum Gasteiger partial charge on any atom is -0.349 e. The van der Waals surface area contributed by atoms with E-state index in [2.05, 4.69) is 15.4 Å². The van der Waals surface area contributed by atoms with Gasteiger partial charge in [-0.05, 0) is 59.7 Å². The summed E-state index contributed by atoms with van der Waals surface area (Å²) in [6.45, 7) is 0.221. The average molecular weight is 524 g/mol. The lowest BCUT2D eigenvalue weighted by Crippen LogP contribution is -2.43. The molecule has 0 unspecified atom stereocenters. The largest absolute Gasteiger partial charge is 0.349 e. The molecule has 0 bridgehead atoms. The molecule has 2 aromatic heterocycles. The molecule has 1 aliphatic rings. The van der Waals surface area contributed by atoms with Crippen molar-refractivity contribution in [2.45, 2.75) is 44.3 Å². The van der Waals surface area contributed by atoms with Crippen molar-refractivity contribution in [2.75, 3.05) is 0 Å². The Hall–Kier alpha value is -3.85. The molecule has 0 radical (unpaired) electrons. The molecule has 0 spiro atoms. The van der Waals surface area contributed by atoms with E-state index in [-0.39, 0.29) is 30.6 Å². The fourth-order valence-corrected chi connectivity index (χ4v) is 4.77. The maximum Gasteiger partial charge on any atom is 0.347 e. The molecule has 7 nitrogen and oxygen atoms in total. The monoisotopic (exact) mass is 523 g/mol. The van der Waals surface area contributed by atoms with Crippen molar-refractivity contribution < 1.29 is 13.6 Å². The quantitative estimate of drug-likeness (QED) is 0.359. The summed E-state index contributed by atoms with van der Waals surface area (Å²) < 4.78 is 30.4. The van der Waals surface area contributed by atoms with Crippen LogP contribution in [0.5, 0.6) is 0 Å². The van der Waals surface area contributed by atoms with E-state index in [9.17, 15) is 18.4 Å². The zero-order valence-electron chi connectivity index (χ0n) is 19.7. The first-order valence-corrected chi connectivity index (χ1v) is 12.2. The number of rotatable bonds is 8. The molecular formula is C27H24ClF2N5O2. The van der Waals surface area contributed by atoms with Gasteiger partial charge in [-0.15, -0.1) is 0 Å². The SMILES string of the molecule is O=C(NC1CC(c2cccc(Cl)c2)C1)c1cnn(Cc2ccc(Cn3cccnc3=O)c(C(F)F)c2)c1. The summed E-state index contributed by atoms with van der Waals surface area (Å²) >= 11 is 6.07. The number of carbonyl (C=O) groups is 1. The Morgan fingerprint density at radius 1 is 1.14 bits per heavy atom. The number of hydrogen-bond donors (Lipinski definition) is 1. The smallest absolute Gasteiger partial charge is 0.347 e. The molecular weight excluding hydrogens is 500 g/mol. The fourth-order valence-electron chi connectivity index (χ4n) is 4.57. The van der Waals surface area contributed by atoms with Crippen molar-refractivity contribution >= 4 is 17.5 Å². The van der Waals surface area contributed by atoms with Crippen LogP contribution in [0.15, 0.2) is 78.1 Å². The number of alkyl halides is 2. The average Bonchev–Trinajstić information content (AvgIpc) is 3.32. The Balaban J connectivity index is 1.21. The molecule has 5 rings (SSSR count). The standard InChI is InChI=1S/C27H24ClF2N5O2/c28-22-4-1-3-18(10-22)20-11-23(12-20)33-26(36)21-13-32-35(16-21)14-17-5-6-19(24(9-17)25(29)30)15-34-8-2-7-31-27(34)37/h1-10,13,16,20,23,25H,11-12,14-15H2,(H,33,36). The molecule has 2 heterocycles. The Morgan fingerprint density at radius 3 is 2.73 bits per heavy atom. The van der Waals surface area contributed by atoms with Crippen LogP contribution in [0, 0.1) is 0 Å². The molecule has 1 N–H and O–H groups in total. The molecule has 0 aliphatic heterocycles. The van der Waals surface area contributed by atoms with E-state index in [4.69, 9.17) is 11.6 Å². The van der Waals surface area contributed by atoms with E-state index in [0.717, 1.165) is 12.8 Å². The molecule has 0 atom stereocenters. The Kier molecular flexibility index (Phi) is 7.14. The van der Waals surface area contributed by atoms with Gasteiger partial charge in [0.15, 0.2) is 0 Å². The minimum atomic E-state index is -2.71. The second kappa shape index (κ2) is 10.6. The third-order valence-electron chi connectivity index (χ3n) is 6.60. The van der Waals surface area contributed by atoms with Gasteiger partial charge in [0.25, 0.3) is 12.3 Å². The highest BCUT2D eigenvalue weighted by molar-refractivity contribution is 6.30. The van der Waals surface area contributed by atoms with Crippen molar-refractivity contribution in [2.24, 2.45) is 0 Å². The first kappa shape index (κ1) is 24.8. The Bertz CT molecular complexity index is 1480. The first-order chi connectivity index (χ1) is 17.9. The molecule has 190 valence electrons. The van der Waals surface area contributed by atoms with Crippen LogP contribution in [0.4, 0.5) is 8.78 Å². The highest BCUT2D eigenvalue weighted by Crippen LogP contribution is 2.37. The molecule has 2 aromatic carbocycles. The van der Waals surface area contributed by atoms with Gasteiger partial charge in [-0.2, -0.15) is 5.10 Å². The van der Waals surface area contributed by atoms with E-state index in [1.165, 1.54) is 34.8 Å². The predicted octanol–water partition coefficient (Wildman–Crippen LogP) is 4.80. The van der Waals surface area contributed by atoms with E-state index < -0.39 is 12.1 Å². The van der Waals surface area contributed by atoms with Crippen molar-refractivity contribution in [3.8, 4) is 0 Å². The predicted molar refractivity (Wildman–Crippen MR) is 135 cm³/mol. The van der Waals surface area contributed by atoms with Crippen molar-refractivity contribution in [1.82, 2.24) is 24.6 Å². The molecule has 1 fully saturated rings. The number of hydrogen-bond acceptors (Lipinski definition) is 4. The third-order valence-corrected chi connectivity index (χ3v) is 6.84. The van der Waals surface area contributed by atoms with Crippen LogP contribution in [-0.4, -0.2) is 31.3 Å². The number of halogens is 3. The lowest BCUT2D eigenvalue weighted by molar-refractivity contribution is 0.0908. The van der Waals surface area contributed by atoms with Gasteiger partial charge >= 0.3 is 5.69 Å². The summed E-state index contributed by atoms with van der Waals surface area (Å²) in [4.78, 5) is 28.2. The zero-order valence-corrected chi connectivity index (χ0v) is 20.5. The molecule has 4 aromatic rings. The summed E-state index contributed by atoms with van der Waals surface area (Å²) in [5.74, 6) is 0.154. The number of amides is 1. The maximum absolute atomic E-state index is 13.8. The van der Waals surface area contributed by atoms with E-state index in [1.807, 2.05) is 24.3 Å². The van der Waals surface area contributed by atoms with Crippen LogP contribution in [0.25, 0.3) is 0 Å². The molecule has 1 amide bonds. The summed E-state index contributed by atoms with van der Waals surface area (Å²) in [7, 11) is 0. The number of benzene rings is 2. The van der Waals surface area contributed by atoms with Crippen LogP contribution in [-0.2, 0) is 13.1 Å². The van der Waals surface area contributed by atoms with Gasteiger partial charge in [-0.1, -0.05) is 35.9 Å². The van der Waals surface area contributed by atoms with E-state index in [0.29, 0.717) is 27.6 Å². The third kappa shape index (κ3) is 5.77. The molecule has 37 heavy (non-hydrogen) atoms. The van der Waals surface area contributed by atoms with Crippen LogP contribution in [0.1, 0.15) is 57.8 Å². The van der Waals surface area contributed by atoms with Crippen molar-refractivity contribution in [3.05, 3.63) is 117 Å². The van der Waals surface area contributed by atoms with Gasteiger partial charge in [0.05, 0.1) is 24.8 Å². The highest BCUT2D eigenvalue weighted by Gasteiger charge is 2.31. The minimum absolute atomic E-state index is 0.00193. The molecule has 10 heteroatoms. The second-order valence-corrected chi connectivity index (χ2v) is 9.62. The Morgan fingerprint density at radius 2 is 1.97 bits per heavy atom. The van der Waals surface area contributed by atoms with Crippen molar-refractivity contribution in [3.63, 3.8) is 0 Å². The number of carbonyl (C=O) groups excluding carboxylic acids is 1. The van der Waals surface area contributed by atoms with Crippen molar-refractivity contribution in [1.29, 1.82) is 0 Å². The number of aromatic nitrogens is 4. The normalized spacial score (nSPS) is 17.0. The topological polar surface area (TPSA) is 81.8 Å². The molecule has 0 saturated heterocycles. The van der Waals surface area contributed by atoms with Crippen LogP contribution in [0.2, 0.25) is 5.02 Å². The van der Waals surface area contributed by atoms with Gasteiger partial charge in [0, 0.05) is 35.2 Å². The van der Waals surface area contributed by atoms with Crippen LogP contribution >= 0.6 is 11.6 Å².